The second kappa shape index (κ2) is 8.67. The summed E-state index contributed by atoms with van der Waals surface area (Å²) >= 11 is 0. The molecular formula is C24H16F4N6O. The standard InChI is InChI=1S/C24H16F4N6O/c1-35-19-6-7-30-9-14(19)15-10-31-24(33-23(15)29)22-18-5-2-12(25)11-34(18)20(32-22)8-13-16(26)3-4-17(27)21(13)28/h2-7,9-11H,8H2,1H3,(H2,29,31,33). The third kappa shape index (κ3) is 3.90. The van der Waals surface area contributed by atoms with Gasteiger partial charge in [0.25, 0.3) is 0 Å². The van der Waals surface area contributed by atoms with Gasteiger partial charge in [-0.15, -0.1) is 0 Å². The van der Waals surface area contributed by atoms with Crippen LogP contribution in [0.5, 0.6) is 5.75 Å². The minimum absolute atomic E-state index is 0.0538. The smallest absolute Gasteiger partial charge is 0.182 e. The van der Waals surface area contributed by atoms with Gasteiger partial charge in [-0.1, -0.05) is 0 Å². The minimum atomic E-state index is -1.34. The summed E-state index contributed by atoms with van der Waals surface area (Å²) in [5.41, 5.74) is 7.28. The zero-order valence-electron chi connectivity index (χ0n) is 18.1. The molecule has 11 heteroatoms. The van der Waals surface area contributed by atoms with E-state index >= 15 is 0 Å². The van der Waals surface area contributed by atoms with Crippen LogP contribution in [0.2, 0.25) is 0 Å². The first-order valence-electron chi connectivity index (χ1n) is 10.3. The van der Waals surface area contributed by atoms with Gasteiger partial charge in [-0.25, -0.2) is 32.5 Å². The average Bonchev–Trinajstić information content (AvgIpc) is 3.21. The molecule has 0 atom stereocenters. The van der Waals surface area contributed by atoms with E-state index in [4.69, 9.17) is 10.5 Å². The van der Waals surface area contributed by atoms with E-state index in [9.17, 15) is 17.6 Å². The third-order valence-corrected chi connectivity index (χ3v) is 5.47. The molecule has 0 saturated carbocycles. The molecule has 1 aromatic carbocycles. The predicted octanol–water partition coefficient (Wildman–Crippen LogP) is 4.59. The molecule has 5 aromatic rings. The molecule has 176 valence electrons. The number of benzene rings is 1. The lowest BCUT2D eigenvalue weighted by molar-refractivity contribution is 0.416. The number of nitrogens with zero attached hydrogens (tertiary/aromatic N) is 5. The normalized spacial score (nSPS) is 11.2. The van der Waals surface area contributed by atoms with Gasteiger partial charge >= 0.3 is 0 Å². The molecule has 2 N–H and O–H groups in total. The van der Waals surface area contributed by atoms with Gasteiger partial charge in [-0.3, -0.25) is 9.38 Å². The van der Waals surface area contributed by atoms with Crippen molar-refractivity contribution in [3.63, 3.8) is 0 Å². The molecule has 0 fully saturated rings. The highest BCUT2D eigenvalue weighted by molar-refractivity contribution is 5.80. The second-order valence-corrected chi connectivity index (χ2v) is 7.55. The Bertz CT molecular complexity index is 1590. The zero-order valence-corrected chi connectivity index (χ0v) is 18.1. The molecule has 0 radical (unpaired) electrons. The number of fused-ring (bicyclic) bond motifs is 1. The van der Waals surface area contributed by atoms with Gasteiger partial charge in [0, 0.05) is 47.9 Å². The Labute approximate surface area is 195 Å². The minimum Gasteiger partial charge on any atom is -0.496 e. The molecule has 0 unspecified atom stereocenters. The van der Waals surface area contributed by atoms with Crippen LogP contribution in [0.3, 0.4) is 0 Å². The number of hydrogen-bond acceptors (Lipinski definition) is 6. The molecule has 5 rings (SSSR count). The largest absolute Gasteiger partial charge is 0.496 e. The maximum absolute atomic E-state index is 14.3. The van der Waals surface area contributed by atoms with Gasteiger partial charge in [-0.2, -0.15) is 0 Å². The van der Waals surface area contributed by atoms with E-state index < -0.39 is 35.3 Å². The number of nitrogen functional groups attached to an aromatic ring is 1. The van der Waals surface area contributed by atoms with E-state index in [2.05, 4.69) is 19.9 Å². The van der Waals surface area contributed by atoms with Crippen LogP contribution >= 0.6 is 0 Å². The number of hydrogen-bond donors (Lipinski definition) is 1. The molecule has 35 heavy (non-hydrogen) atoms. The Balaban J connectivity index is 1.63. The van der Waals surface area contributed by atoms with Crippen LogP contribution in [0.4, 0.5) is 23.4 Å². The zero-order chi connectivity index (χ0) is 24.7. The van der Waals surface area contributed by atoms with Crippen molar-refractivity contribution >= 4 is 11.3 Å². The summed E-state index contributed by atoms with van der Waals surface area (Å²) in [4.78, 5) is 17.2. The fourth-order valence-corrected chi connectivity index (χ4v) is 3.78. The highest BCUT2D eigenvalue weighted by atomic mass is 19.2. The number of imidazole rings is 1. The number of nitrogens with two attached hydrogens (primary N) is 1. The van der Waals surface area contributed by atoms with Gasteiger partial charge in [-0.05, 0) is 30.3 Å². The van der Waals surface area contributed by atoms with Crippen LogP contribution in [-0.4, -0.2) is 31.4 Å². The maximum Gasteiger partial charge on any atom is 0.182 e. The van der Waals surface area contributed by atoms with Gasteiger partial charge in [0.15, 0.2) is 17.5 Å². The summed E-state index contributed by atoms with van der Waals surface area (Å²) in [5, 5.41) is 0. The van der Waals surface area contributed by atoms with E-state index in [1.807, 2.05) is 0 Å². The lowest BCUT2D eigenvalue weighted by Gasteiger charge is -2.09. The molecule has 0 bridgehead atoms. The first-order chi connectivity index (χ1) is 16.9. The van der Waals surface area contributed by atoms with Crippen molar-refractivity contribution < 1.29 is 22.3 Å². The van der Waals surface area contributed by atoms with E-state index in [0.717, 1.165) is 12.3 Å². The van der Waals surface area contributed by atoms with Crippen molar-refractivity contribution in [3.8, 4) is 28.4 Å². The van der Waals surface area contributed by atoms with Crippen molar-refractivity contribution in [1.29, 1.82) is 0 Å². The van der Waals surface area contributed by atoms with Gasteiger partial charge in [0.1, 0.15) is 34.7 Å². The number of ether oxygens (including phenoxy) is 1. The van der Waals surface area contributed by atoms with E-state index in [1.54, 1.807) is 18.5 Å². The Hall–Kier alpha value is -4.54. The first kappa shape index (κ1) is 22.3. The van der Waals surface area contributed by atoms with Crippen molar-refractivity contribution in [1.82, 2.24) is 24.3 Å². The summed E-state index contributed by atoms with van der Waals surface area (Å²) in [7, 11) is 1.51. The van der Waals surface area contributed by atoms with Crippen molar-refractivity contribution in [2.45, 2.75) is 6.42 Å². The SMILES string of the molecule is COc1ccncc1-c1cnc(-c2nc(Cc3c(F)ccc(F)c3F)n3cc(F)ccc23)nc1N. The molecule has 0 amide bonds. The molecule has 0 saturated heterocycles. The van der Waals surface area contributed by atoms with Gasteiger partial charge in [0.05, 0.1) is 12.6 Å². The van der Waals surface area contributed by atoms with Crippen LogP contribution < -0.4 is 10.5 Å². The Kier molecular flexibility index (Phi) is 5.51. The van der Waals surface area contributed by atoms with E-state index in [0.29, 0.717) is 28.5 Å². The molecule has 4 aromatic heterocycles. The van der Waals surface area contributed by atoms with Gasteiger partial charge in [0.2, 0.25) is 0 Å². The summed E-state index contributed by atoms with van der Waals surface area (Å²) in [6.45, 7) is 0. The van der Waals surface area contributed by atoms with Crippen LogP contribution in [0.1, 0.15) is 11.4 Å². The molecule has 7 nitrogen and oxygen atoms in total. The topological polar surface area (TPSA) is 91.2 Å². The van der Waals surface area contributed by atoms with E-state index in [1.165, 1.54) is 29.8 Å². The maximum atomic E-state index is 14.3. The lowest BCUT2D eigenvalue weighted by atomic mass is 10.1. The number of halogens is 4. The summed E-state index contributed by atoms with van der Waals surface area (Å²) < 4.78 is 63.0. The fourth-order valence-electron chi connectivity index (χ4n) is 3.78. The first-order valence-corrected chi connectivity index (χ1v) is 10.3. The van der Waals surface area contributed by atoms with Crippen molar-refractivity contribution in [3.05, 3.63) is 89.8 Å². The number of rotatable bonds is 5. The van der Waals surface area contributed by atoms with Crippen LogP contribution in [0.15, 0.2) is 55.1 Å². The number of aromatic nitrogens is 5. The number of anilines is 1. The lowest BCUT2D eigenvalue weighted by Crippen LogP contribution is -2.04. The highest BCUT2D eigenvalue weighted by Crippen LogP contribution is 2.33. The Morgan fingerprint density at radius 1 is 0.943 bits per heavy atom. The third-order valence-electron chi connectivity index (χ3n) is 5.47. The summed E-state index contributed by atoms with van der Waals surface area (Å²) in [5.74, 6) is -3.32. The van der Waals surface area contributed by atoms with Crippen LogP contribution in [-0.2, 0) is 6.42 Å². The number of pyridine rings is 2. The summed E-state index contributed by atoms with van der Waals surface area (Å²) in [6.07, 6.45) is 5.25. The Morgan fingerprint density at radius 3 is 2.51 bits per heavy atom. The van der Waals surface area contributed by atoms with Crippen LogP contribution in [0, 0.1) is 23.3 Å². The van der Waals surface area contributed by atoms with E-state index in [-0.39, 0.29) is 23.2 Å². The molecule has 0 spiro atoms. The monoisotopic (exact) mass is 480 g/mol. The molecule has 0 aliphatic heterocycles. The average molecular weight is 480 g/mol. The Morgan fingerprint density at radius 2 is 1.74 bits per heavy atom. The van der Waals surface area contributed by atoms with Crippen LogP contribution in [0.25, 0.3) is 28.2 Å². The summed E-state index contributed by atoms with van der Waals surface area (Å²) in [6, 6.07) is 5.80. The number of methoxy groups -OCH3 is 1. The molecule has 0 aliphatic rings. The fraction of sp³-hybridized carbons (Fsp3) is 0.0833. The van der Waals surface area contributed by atoms with Crippen molar-refractivity contribution in [2.75, 3.05) is 12.8 Å². The van der Waals surface area contributed by atoms with Gasteiger partial charge < -0.3 is 10.5 Å². The quantitative estimate of drug-likeness (QED) is 0.292. The molecule has 4 heterocycles. The molecular weight excluding hydrogens is 464 g/mol. The highest BCUT2D eigenvalue weighted by Gasteiger charge is 2.21. The second-order valence-electron chi connectivity index (χ2n) is 7.55. The van der Waals surface area contributed by atoms with Crippen molar-refractivity contribution in [2.24, 2.45) is 0 Å². The molecule has 0 aliphatic carbocycles. The predicted molar refractivity (Wildman–Crippen MR) is 119 cm³/mol.